The van der Waals surface area contributed by atoms with Crippen LogP contribution in [0.15, 0.2) is 42.5 Å². The number of hydrogen-bond donors (Lipinski definition) is 2. The minimum absolute atomic E-state index is 0.00316. The van der Waals surface area contributed by atoms with Gasteiger partial charge in [0.05, 0.1) is 29.3 Å². The van der Waals surface area contributed by atoms with Crippen LogP contribution in [0.3, 0.4) is 0 Å². The van der Waals surface area contributed by atoms with Crippen molar-refractivity contribution in [3.05, 3.63) is 64.2 Å². The standard InChI is InChI=1S/C19H19ClN2O4/c1-11(21)16(23)10-12-5-4-8-15(20)17(12)18(24)22-14-7-3-6-13(9-14)19(25)26-2/h3-9,11H,10,21H2,1-2H3,(H,22,24). The number of amides is 1. The zero-order valence-electron chi connectivity index (χ0n) is 14.4. The number of esters is 1. The highest BCUT2D eigenvalue weighted by atomic mass is 35.5. The second-order valence-corrected chi connectivity index (χ2v) is 6.14. The Bertz CT molecular complexity index is 849. The van der Waals surface area contributed by atoms with Crippen molar-refractivity contribution in [3.8, 4) is 0 Å². The molecule has 1 amide bonds. The Labute approximate surface area is 156 Å². The Morgan fingerprint density at radius 1 is 1.19 bits per heavy atom. The second kappa shape index (κ2) is 8.60. The van der Waals surface area contributed by atoms with E-state index in [2.05, 4.69) is 10.1 Å². The summed E-state index contributed by atoms with van der Waals surface area (Å²) in [7, 11) is 1.28. The lowest BCUT2D eigenvalue weighted by Gasteiger charge is -2.13. The molecule has 3 N–H and O–H groups in total. The molecule has 1 atom stereocenters. The third-order valence-electron chi connectivity index (χ3n) is 3.74. The number of ether oxygens (including phenoxy) is 1. The molecule has 0 aliphatic rings. The van der Waals surface area contributed by atoms with Crippen LogP contribution < -0.4 is 11.1 Å². The van der Waals surface area contributed by atoms with Crippen molar-refractivity contribution < 1.29 is 19.1 Å². The Hall–Kier alpha value is -2.70. The SMILES string of the molecule is COC(=O)c1cccc(NC(=O)c2c(Cl)cccc2CC(=O)C(C)N)c1. The first kappa shape index (κ1) is 19.6. The maximum atomic E-state index is 12.7. The lowest BCUT2D eigenvalue weighted by molar-refractivity contribution is -0.119. The number of carbonyl (C=O) groups is 3. The van der Waals surface area contributed by atoms with Gasteiger partial charge < -0.3 is 15.8 Å². The van der Waals surface area contributed by atoms with Crippen LogP contribution in [0.4, 0.5) is 5.69 Å². The summed E-state index contributed by atoms with van der Waals surface area (Å²) in [4.78, 5) is 36.3. The van der Waals surface area contributed by atoms with Crippen LogP contribution >= 0.6 is 11.6 Å². The molecule has 7 heteroatoms. The number of hydrogen-bond acceptors (Lipinski definition) is 5. The topological polar surface area (TPSA) is 98.5 Å². The van der Waals surface area contributed by atoms with Gasteiger partial charge in [-0.1, -0.05) is 29.8 Å². The normalized spacial score (nSPS) is 11.5. The zero-order chi connectivity index (χ0) is 19.3. The Morgan fingerprint density at radius 3 is 2.54 bits per heavy atom. The molecule has 0 saturated carbocycles. The predicted molar refractivity (Wildman–Crippen MR) is 99.5 cm³/mol. The van der Waals surface area contributed by atoms with Gasteiger partial charge in [-0.3, -0.25) is 9.59 Å². The highest BCUT2D eigenvalue weighted by molar-refractivity contribution is 6.34. The first-order chi connectivity index (χ1) is 12.3. The lowest BCUT2D eigenvalue weighted by atomic mass is 9.99. The number of ketones is 1. The van der Waals surface area contributed by atoms with E-state index in [4.69, 9.17) is 17.3 Å². The molecule has 0 heterocycles. The van der Waals surface area contributed by atoms with E-state index in [1.54, 1.807) is 43.3 Å². The first-order valence-corrected chi connectivity index (χ1v) is 8.26. The lowest BCUT2D eigenvalue weighted by Crippen LogP contribution is -2.29. The second-order valence-electron chi connectivity index (χ2n) is 5.73. The van der Waals surface area contributed by atoms with Gasteiger partial charge >= 0.3 is 5.97 Å². The number of rotatable bonds is 6. The van der Waals surface area contributed by atoms with Gasteiger partial charge in [-0.25, -0.2) is 4.79 Å². The maximum absolute atomic E-state index is 12.7. The predicted octanol–water partition coefficient (Wildman–Crippen LogP) is 2.84. The number of nitrogens with two attached hydrogens (primary N) is 1. The number of halogens is 1. The molecule has 6 nitrogen and oxygen atoms in total. The molecule has 136 valence electrons. The monoisotopic (exact) mass is 374 g/mol. The molecular weight excluding hydrogens is 356 g/mol. The summed E-state index contributed by atoms with van der Waals surface area (Å²) in [6.45, 7) is 1.59. The number of anilines is 1. The van der Waals surface area contributed by atoms with Gasteiger partial charge in [-0.15, -0.1) is 0 Å². The molecule has 2 aromatic carbocycles. The van der Waals surface area contributed by atoms with Crippen LogP contribution in [-0.2, 0) is 16.0 Å². The molecule has 0 aliphatic carbocycles. The number of nitrogens with one attached hydrogen (secondary N) is 1. The van der Waals surface area contributed by atoms with Crippen molar-refractivity contribution >= 4 is 34.9 Å². The van der Waals surface area contributed by atoms with Crippen molar-refractivity contribution in [2.24, 2.45) is 5.73 Å². The highest BCUT2D eigenvalue weighted by Gasteiger charge is 2.19. The van der Waals surface area contributed by atoms with Crippen molar-refractivity contribution in [1.82, 2.24) is 0 Å². The summed E-state index contributed by atoms with van der Waals surface area (Å²) < 4.78 is 4.66. The fraction of sp³-hybridized carbons (Fsp3) is 0.211. The van der Waals surface area contributed by atoms with E-state index in [-0.39, 0.29) is 22.8 Å². The number of methoxy groups -OCH3 is 1. The number of carbonyl (C=O) groups excluding carboxylic acids is 3. The number of benzene rings is 2. The number of Topliss-reactive ketones (excluding diaryl/α,β-unsaturated/α-hetero) is 1. The van der Waals surface area contributed by atoms with E-state index >= 15 is 0 Å². The molecule has 2 aromatic rings. The van der Waals surface area contributed by atoms with E-state index in [0.29, 0.717) is 16.8 Å². The van der Waals surface area contributed by atoms with Crippen molar-refractivity contribution in [1.29, 1.82) is 0 Å². The molecule has 2 rings (SSSR count). The fourth-order valence-electron chi connectivity index (χ4n) is 2.35. The summed E-state index contributed by atoms with van der Waals surface area (Å²) in [5.74, 6) is -1.19. The largest absolute Gasteiger partial charge is 0.465 e. The molecular formula is C19H19ClN2O4. The maximum Gasteiger partial charge on any atom is 0.337 e. The minimum atomic E-state index is -0.637. The zero-order valence-corrected chi connectivity index (χ0v) is 15.2. The van der Waals surface area contributed by atoms with Gasteiger partial charge in [0, 0.05) is 12.1 Å². The molecule has 0 aromatic heterocycles. The van der Waals surface area contributed by atoms with Crippen LogP contribution in [-0.4, -0.2) is 30.8 Å². The third kappa shape index (κ3) is 4.68. The average Bonchev–Trinajstić information content (AvgIpc) is 2.61. The Balaban J connectivity index is 2.30. The molecule has 0 bridgehead atoms. The van der Waals surface area contributed by atoms with E-state index in [9.17, 15) is 14.4 Å². The molecule has 0 radical (unpaired) electrons. The fourth-order valence-corrected chi connectivity index (χ4v) is 2.63. The van der Waals surface area contributed by atoms with Gasteiger partial charge in [0.25, 0.3) is 5.91 Å². The van der Waals surface area contributed by atoms with Crippen molar-refractivity contribution in [2.45, 2.75) is 19.4 Å². The molecule has 1 unspecified atom stereocenters. The minimum Gasteiger partial charge on any atom is -0.465 e. The Morgan fingerprint density at radius 2 is 1.88 bits per heavy atom. The van der Waals surface area contributed by atoms with Gasteiger partial charge in [-0.05, 0) is 36.8 Å². The van der Waals surface area contributed by atoms with Crippen LogP contribution in [0.1, 0.15) is 33.2 Å². The summed E-state index contributed by atoms with van der Waals surface area (Å²) in [5, 5.41) is 2.91. The van der Waals surface area contributed by atoms with Crippen molar-refractivity contribution in [2.75, 3.05) is 12.4 Å². The van der Waals surface area contributed by atoms with Crippen LogP contribution in [0, 0.1) is 0 Å². The summed E-state index contributed by atoms with van der Waals surface area (Å²) in [6, 6.07) is 10.6. The molecule has 26 heavy (non-hydrogen) atoms. The van der Waals surface area contributed by atoms with Crippen LogP contribution in [0.25, 0.3) is 0 Å². The van der Waals surface area contributed by atoms with Gasteiger partial charge in [0.2, 0.25) is 0 Å². The molecule has 0 saturated heterocycles. The molecule has 0 spiro atoms. The molecule has 0 aliphatic heterocycles. The summed E-state index contributed by atoms with van der Waals surface area (Å²) in [5.41, 5.74) is 7.00. The van der Waals surface area contributed by atoms with Gasteiger partial charge in [-0.2, -0.15) is 0 Å². The van der Waals surface area contributed by atoms with E-state index < -0.39 is 17.9 Å². The summed E-state index contributed by atoms with van der Waals surface area (Å²) >= 11 is 6.18. The van der Waals surface area contributed by atoms with Gasteiger partial charge in [0.1, 0.15) is 0 Å². The third-order valence-corrected chi connectivity index (χ3v) is 4.06. The van der Waals surface area contributed by atoms with E-state index in [0.717, 1.165) is 0 Å². The van der Waals surface area contributed by atoms with Gasteiger partial charge in [0.15, 0.2) is 5.78 Å². The van der Waals surface area contributed by atoms with Crippen LogP contribution in [0.5, 0.6) is 0 Å². The van der Waals surface area contributed by atoms with E-state index in [1.807, 2.05) is 0 Å². The highest BCUT2D eigenvalue weighted by Crippen LogP contribution is 2.23. The van der Waals surface area contributed by atoms with E-state index in [1.165, 1.54) is 13.2 Å². The first-order valence-electron chi connectivity index (χ1n) is 7.89. The van der Waals surface area contributed by atoms with Crippen molar-refractivity contribution in [3.63, 3.8) is 0 Å². The van der Waals surface area contributed by atoms with Crippen LogP contribution in [0.2, 0.25) is 5.02 Å². The average molecular weight is 375 g/mol. The quantitative estimate of drug-likeness (QED) is 0.757. The smallest absolute Gasteiger partial charge is 0.337 e. The summed E-state index contributed by atoms with van der Waals surface area (Å²) in [6.07, 6.45) is 0.00316. The Kier molecular flexibility index (Phi) is 6.49. The molecule has 0 fully saturated rings.